The van der Waals surface area contributed by atoms with Crippen LogP contribution in [-0.4, -0.2) is 33.0 Å². The molecule has 0 spiro atoms. The fraction of sp³-hybridized carbons (Fsp3) is 0.636. The van der Waals surface area contributed by atoms with E-state index in [1.807, 2.05) is 13.8 Å². The van der Waals surface area contributed by atoms with E-state index in [2.05, 4.69) is 17.3 Å². The molecule has 0 radical (unpaired) electrons. The van der Waals surface area contributed by atoms with Crippen LogP contribution in [0.25, 0.3) is 0 Å². The van der Waals surface area contributed by atoms with E-state index in [1.165, 1.54) is 0 Å². The Hall–Kier alpha value is -0.650. The highest BCUT2D eigenvalue weighted by Gasteiger charge is 1.99. The minimum absolute atomic E-state index is 0.203. The zero-order chi connectivity index (χ0) is 13.2. The lowest BCUT2D eigenvalue weighted by Gasteiger charge is -1.98. The fourth-order valence-corrected chi connectivity index (χ4v) is 0.944. The molecule has 5 heteroatoms. The van der Waals surface area contributed by atoms with E-state index in [1.54, 1.807) is 0 Å². The molecule has 0 amide bonds. The van der Waals surface area contributed by atoms with Crippen LogP contribution in [0.2, 0.25) is 0 Å². The fourth-order valence-electron chi connectivity index (χ4n) is 0.558. The van der Waals surface area contributed by atoms with Gasteiger partial charge in [0.1, 0.15) is 0 Å². The molecule has 0 saturated carbocycles. The molecule has 0 aromatic rings. The first-order valence-corrected chi connectivity index (χ1v) is 6.74. The Morgan fingerprint density at radius 2 is 1.62 bits per heavy atom. The minimum Gasteiger partial charge on any atom is -0.396 e. The third-order valence-corrected chi connectivity index (χ3v) is 1.96. The standard InChI is InChI=1S/C6H12O3S.C5H10O/c1-6(2)4-5-9-10(3,7)8;1-5(2)3-4-6/h1,4-5H2,2-3H3;6H,1,3-4H2,2H3. The maximum Gasteiger partial charge on any atom is 0.264 e. The van der Waals surface area contributed by atoms with Crippen LogP contribution in [0.15, 0.2) is 24.3 Å². The third kappa shape index (κ3) is 23.3. The van der Waals surface area contributed by atoms with Crippen LogP contribution in [0, 0.1) is 0 Å². The molecule has 0 fully saturated rings. The van der Waals surface area contributed by atoms with Crippen molar-refractivity contribution in [3.8, 4) is 0 Å². The van der Waals surface area contributed by atoms with Crippen LogP contribution in [0.3, 0.4) is 0 Å². The molecule has 0 aliphatic carbocycles. The van der Waals surface area contributed by atoms with Crippen LogP contribution in [0.5, 0.6) is 0 Å². The molecule has 0 atom stereocenters. The van der Waals surface area contributed by atoms with Gasteiger partial charge in [-0.05, 0) is 26.7 Å². The zero-order valence-electron chi connectivity index (χ0n) is 10.3. The molecule has 0 heterocycles. The van der Waals surface area contributed by atoms with E-state index in [-0.39, 0.29) is 13.2 Å². The number of rotatable bonds is 6. The third-order valence-electron chi connectivity index (χ3n) is 1.36. The predicted molar refractivity (Wildman–Crippen MR) is 66.7 cm³/mol. The van der Waals surface area contributed by atoms with Crippen LogP contribution >= 0.6 is 0 Å². The van der Waals surface area contributed by atoms with Gasteiger partial charge in [-0.15, -0.1) is 13.2 Å². The number of hydrogen-bond donors (Lipinski definition) is 1. The van der Waals surface area contributed by atoms with Gasteiger partial charge in [-0.2, -0.15) is 8.42 Å². The Kier molecular flexibility index (Phi) is 10.6. The van der Waals surface area contributed by atoms with Crippen LogP contribution in [0.1, 0.15) is 26.7 Å². The van der Waals surface area contributed by atoms with Gasteiger partial charge in [-0.3, -0.25) is 4.18 Å². The van der Waals surface area contributed by atoms with Crippen molar-refractivity contribution in [1.82, 2.24) is 0 Å². The highest BCUT2D eigenvalue weighted by molar-refractivity contribution is 7.85. The molecule has 96 valence electrons. The van der Waals surface area contributed by atoms with Crippen molar-refractivity contribution in [2.45, 2.75) is 26.7 Å². The van der Waals surface area contributed by atoms with E-state index in [4.69, 9.17) is 5.11 Å². The van der Waals surface area contributed by atoms with Gasteiger partial charge in [0.15, 0.2) is 0 Å². The summed E-state index contributed by atoms with van der Waals surface area (Å²) < 4.78 is 25.2. The normalized spacial score (nSPS) is 10.2. The average molecular weight is 250 g/mol. The molecule has 0 aliphatic rings. The van der Waals surface area contributed by atoms with Crippen molar-refractivity contribution < 1.29 is 17.7 Å². The Morgan fingerprint density at radius 1 is 1.19 bits per heavy atom. The zero-order valence-corrected chi connectivity index (χ0v) is 11.1. The second-order valence-electron chi connectivity index (χ2n) is 3.66. The smallest absolute Gasteiger partial charge is 0.264 e. The number of hydrogen-bond acceptors (Lipinski definition) is 4. The lowest BCUT2D eigenvalue weighted by molar-refractivity contribution is 0.299. The molecule has 1 N–H and O–H groups in total. The molecule has 0 saturated heterocycles. The van der Waals surface area contributed by atoms with Gasteiger partial charge in [0.2, 0.25) is 0 Å². The minimum atomic E-state index is -3.26. The van der Waals surface area contributed by atoms with Crippen LogP contribution in [0.4, 0.5) is 0 Å². The summed E-state index contributed by atoms with van der Waals surface area (Å²) in [6, 6.07) is 0. The van der Waals surface area contributed by atoms with Gasteiger partial charge in [0, 0.05) is 6.61 Å². The van der Waals surface area contributed by atoms with Gasteiger partial charge < -0.3 is 5.11 Å². The quantitative estimate of drug-likeness (QED) is 0.577. The lowest BCUT2D eigenvalue weighted by atomic mass is 10.3. The molecular formula is C11H22O4S. The van der Waals surface area contributed by atoms with E-state index < -0.39 is 10.1 Å². The van der Waals surface area contributed by atoms with Crippen molar-refractivity contribution in [2.24, 2.45) is 0 Å². The Balaban J connectivity index is 0. The molecule has 4 nitrogen and oxygen atoms in total. The van der Waals surface area contributed by atoms with E-state index in [9.17, 15) is 8.42 Å². The second kappa shape index (κ2) is 9.57. The predicted octanol–water partition coefficient (Wildman–Crippen LogP) is 1.87. The van der Waals surface area contributed by atoms with Gasteiger partial charge in [0.05, 0.1) is 12.9 Å². The summed E-state index contributed by atoms with van der Waals surface area (Å²) in [4.78, 5) is 0. The largest absolute Gasteiger partial charge is 0.396 e. The summed E-state index contributed by atoms with van der Waals surface area (Å²) in [6.07, 6.45) is 2.36. The first kappa shape index (κ1) is 17.7. The maximum absolute atomic E-state index is 10.4. The maximum atomic E-state index is 10.4. The average Bonchev–Trinajstić information content (AvgIpc) is 2.00. The van der Waals surface area contributed by atoms with Crippen molar-refractivity contribution in [3.63, 3.8) is 0 Å². The first-order chi connectivity index (χ1) is 7.19. The Bertz CT molecular complexity index is 304. The molecule has 0 bridgehead atoms. The number of aliphatic hydroxyl groups is 1. The van der Waals surface area contributed by atoms with Crippen molar-refractivity contribution in [1.29, 1.82) is 0 Å². The molecule has 0 aromatic carbocycles. The summed E-state index contributed by atoms with van der Waals surface area (Å²) in [5.41, 5.74) is 1.96. The summed E-state index contributed by atoms with van der Waals surface area (Å²) in [5, 5.41) is 8.18. The Labute approximate surface area is 98.8 Å². The SMILES string of the molecule is C=C(C)CCO.C=C(C)CCOS(C)(=O)=O. The molecular weight excluding hydrogens is 228 g/mol. The highest BCUT2D eigenvalue weighted by atomic mass is 32.2. The first-order valence-electron chi connectivity index (χ1n) is 4.93. The van der Waals surface area contributed by atoms with Crippen molar-refractivity contribution >= 4 is 10.1 Å². The van der Waals surface area contributed by atoms with E-state index in [0.29, 0.717) is 6.42 Å². The van der Waals surface area contributed by atoms with Crippen LogP contribution < -0.4 is 0 Å². The molecule has 16 heavy (non-hydrogen) atoms. The molecule has 0 rings (SSSR count). The molecule has 0 aromatic heterocycles. The lowest BCUT2D eigenvalue weighted by Crippen LogP contribution is -2.03. The van der Waals surface area contributed by atoms with Crippen molar-refractivity contribution in [3.05, 3.63) is 24.3 Å². The molecule has 0 aliphatic heterocycles. The van der Waals surface area contributed by atoms with Gasteiger partial charge in [0.25, 0.3) is 10.1 Å². The summed E-state index contributed by atoms with van der Waals surface area (Å²) in [5.74, 6) is 0. The highest BCUT2D eigenvalue weighted by Crippen LogP contribution is 1.97. The second-order valence-corrected chi connectivity index (χ2v) is 5.31. The summed E-state index contributed by atoms with van der Waals surface area (Å²) in [7, 11) is -3.26. The van der Waals surface area contributed by atoms with Crippen LogP contribution in [-0.2, 0) is 14.3 Å². The molecule has 0 unspecified atom stereocenters. The van der Waals surface area contributed by atoms with E-state index >= 15 is 0 Å². The van der Waals surface area contributed by atoms with E-state index in [0.717, 1.165) is 23.8 Å². The summed E-state index contributed by atoms with van der Waals surface area (Å²) in [6.45, 7) is 11.3. The topological polar surface area (TPSA) is 63.6 Å². The monoisotopic (exact) mass is 250 g/mol. The van der Waals surface area contributed by atoms with Gasteiger partial charge in [-0.1, -0.05) is 11.1 Å². The Morgan fingerprint density at radius 3 is 1.81 bits per heavy atom. The van der Waals surface area contributed by atoms with Crippen molar-refractivity contribution in [2.75, 3.05) is 19.5 Å². The van der Waals surface area contributed by atoms with Gasteiger partial charge in [-0.25, -0.2) is 0 Å². The number of aliphatic hydroxyl groups excluding tert-OH is 1. The summed E-state index contributed by atoms with van der Waals surface area (Å²) >= 11 is 0. The van der Waals surface area contributed by atoms with Gasteiger partial charge >= 0.3 is 0 Å².